The Balaban J connectivity index is 1.97. The minimum atomic E-state index is -0.0927. The van der Waals surface area contributed by atoms with Gasteiger partial charge in [-0.15, -0.1) is 0 Å². The molecule has 1 saturated carbocycles. The number of nitrogens with one attached hydrogen (secondary N) is 1. The average molecular weight is 263 g/mol. The molecule has 0 amide bonds. The van der Waals surface area contributed by atoms with Gasteiger partial charge in [0.1, 0.15) is 5.82 Å². The van der Waals surface area contributed by atoms with Crippen LogP contribution in [0.1, 0.15) is 24.6 Å². The van der Waals surface area contributed by atoms with Crippen molar-refractivity contribution in [2.24, 2.45) is 0 Å². The van der Waals surface area contributed by atoms with Crippen LogP contribution in [0.2, 0.25) is 0 Å². The Kier molecular flexibility index (Phi) is 2.42. The summed E-state index contributed by atoms with van der Waals surface area (Å²) < 4.78 is 0. The summed E-state index contributed by atoms with van der Waals surface area (Å²) in [4.78, 5) is 23.6. The van der Waals surface area contributed by atoms with Crippen LogP contribution in [0, 0.1) is 0 Å². The first-order valence-electron chi connectivity index (χ1n) is 6.75. The van der Waals surface area contributed by atoms with E-state index in [4.69, 9.17) is 0 Å². The molecule has 3 aromatic rings. The molecule has 4 rings (SSSR count). The molecular weight excluding hydrogens is 250 g/mol. The third-order valence-corrected chi connectivity index (χ3v) is 3.67. The molecule has 0 bridgehead atoms. The summed E-state index contributed by atoms with van der Waals surface area (Å²) in [5.41, 5.74) is 1.53. The van der Waals surface area contributed by atoms with Gasteiger partial charge >= 0.3 is 0 Å². The molecule has 20 heavy (non-hydrogen) atoms. The van der Waals surface area contributed by atoms with Gasteiger partial charge in [0.05, 0.1) is 5.69 Å². The second-order valence-electron chi connectivity index (χ2n) is 5.20. The fourth-order valence-corrected chi connectivity index (χ4v) is 2.49. The lowest BCUT2D eigenvalue weighted by Crippen LogP contribution is -2.10. The molecule has 4 nitrogen and oxygen atoms in total. The Labute approximate surface area is 115 Å². The van der Waals surface area contributed by atoms with Gasteiger partial charge in [-0.05, 0) is 18.2 Å². The maximum atomic E-state index is 11.8. The van der Waals surface area contributed by atoms with Gasteiger partial charge in [-0.2, -0.15) is 0 Å². The summed E-state index contributed by atoms with van der Waals surface area (Å²) in [5, 5.41) is 2.13. The molecule has 1 N–H and O–H groups in total. The third-order valence-electron chi connectivity index (χ3n) is 3.67. The van der Waals surface area contributed by atoms with E-state index in [-0.39, 0.29) is 5.56 Å². The summed E-state index contributed by atoms with van der Waals surface area (Å²) >= 11 is 0. The Hall–Kier alpha value is -2.49. The highest BCUT2D eigenvalue weighted by molar-refractivity contribution is 5.94. The highest BCUT2D eigenvalue weighted by Gasteiger charge is 2.26. The van der Waals surface area contributed by atoms with Crippen molar-refractivity contribution in [2.45, 2.75) is 18.8 Å². The number of aromatic amines is 1. The number of pyridine rings is 1. The number of nitrogens with zero attached hydrogens (tertiary/aromatic N) is 2. The van der Waals surface area contributed by atoms with Crippen LogP contribution in [-0.2, 0) is 0 Å². The lowest BCUT2D eigenvalue weighted by Gasteiger charge is -2.06. The van der Waals surface area contributed by atoms with E-state index in [0.717, 1.165) is 35.0 Å². The molecule has 2 aromatic heterocycles. The van der Waals surface area contributed by atoms with Crippen LogP contribution in [-0.4, -0.2) is 15.0 Å². The summed E-state index contributed by atoms with van der Waals surface area (Å²) in [6, 6.07) is 9.57. The number of hydrogen-bond donors (Lipinski definition) is 1. The lowest BCUT2D eigenvalue weighted by atomic mass is 10.1. The van der Waals surface area contributed by atoms with E-state index in [2.05, 4.69) is 15.0 Å². The van der Waals surface area contributed by atoms with Crippen molar-refractivity contribution >= 4 is 10.8 Å². The Morgan fingerprint density at radius 3 is 2.85 bits per heavy atom. The minimum absolute atomic E-state index is 0.0927. The van der Waals surface area contributed by atoms with Crippen molar-refractivity contribution in [3.05, 3.63) is 58.9 Å². The smallest absolute Gasteiger partial charge is 0.251 e. The van der Waals surface area contributed by atoms with E-state index in [0.29, 0.717) is 11.6 Å². The predicted octanol–water partition coefficient (Wildman–Crippen LogP) is 2.86. The van der Waals surface area contributed by atoms with E-state index in [1.807, 2.05) is 30.5 Å². The standard InChI is InChI=1S/C16H13N3O/c20-15-7-14(18-16(19-15)10-5-6-10)13-9-17-8-11-3-1-2-4-12(11)13/h1-4,7-10H,5-6H2,(H,18,19,20). The molecule has 0 saturated heterocycles. The highest BCUT2D eigenvalue weighted by Crippen LogP contribution is 2.38. The number of fused-ring (bicyclic) bond motifs is 1. The highest BCUT2D eigenvalue weighted by atomic mass is 16.1. The molecule has 1 aromatic carbocycles. The number of hydrogen-bond acceptors (Lipinski definition) is 3. The van der Waals surface area contributed by atoms with Gasteiger partial charge in [-0.1, -0.05) is 24.3 Å². The van der Waals surface area contributed by atoms with E-state index in [9.17, 15) is 4.79 Å². The van der Waals surface area contributed by atoms with Crippen LogP contribution in [0.3, 0.4) is 0 Å². The maximum absolute atomic E-state index is 11.8. The first-order valence-corrected chi connectivity index (χ1v) is 6.75. The van der Waals surface area contributed by atoms with Gasteiger partial charge < -0.3 is 4.98 Å². The zero-order valence-corrected chi connectivity index (χ0v) is 10.8. The van der Waals surface area contributed by atoms with Crippen molar-refractivity contribution in [1.29, 1.82) is 0 Å². The second kappa shape index (κ2) is 4.27. The molecule has 1 aliphatic carbocycles. The molecule has 0 spiro atoms. The first-order chi connectivity index (χ1) is 9.81. The Morgan fingerprint density at radius 1 is 1.15 bits per heavy atom. The van der Waals surface area contributed by atoms with Gasteiger partial charge in [0.15, 0.2) is 0 Å². The molecule has 0 radical (unpaired) electrons. The van der Waals surface area contributed by atoms with Crippen LogP contribution in [0.25, 0.3) is 22.0 Å². The van der Waals surface area contributed by atoms with Crippen molar-refractivity contribution in [3.8, 4) is 11.3 Å². The Morgan fingerprint density at radius 2 is 2.00 bits per heavy atom. The molecule has 1 aliphatic rings. The molecule has 4 heteroatoms. The number of benzene rings is 1. The molecule has 2 heterocycles. The largest absolute Gasteiger partial charge is 0.310 e. The number of aromatic nitrogens is 3. The molecular formula is C16H13N3O. The van der Waals surface area contributed by atoms with Gasteiger partial charge in [-0.3, -0.25) is 9.78 Å². The molecule has 0 atom stereocenters. The summed E-state index contributed by atoms with van der Waals surface area (Å²) in [6.45, 7) is 0. The van der Waals surface area contributed by atoms with Crippen LogP contribution in [0.15, 0.2) is 47.5 Å². The summed E-state index contributed by atoms with van der Waals surface area (Å²) in [6.07, 6.45) is 5.83. The van der Waals surface area contributed by atoms with Crippen molar-refractivity contribution in [1.82, 2.24) is 15.0 Å². The normalized spacial score (nSPS) is 14.6. The van der Waals surface area contributed by atoms with Crippen molar-refractivity contribution < 1.29 is 0 Å². The second-order valence-corrected chi connectivity index (χ2v) is 5.20. The van der Waals surface area contributed by atoms with Gasteiger partial charge in [0, 0.05) is 35.3 Å². The average Bonchev–Trinajstić information content (AvgIpc) is 3.30. The molecule has 0 aliphatic heterocycles. The molecule has 1 fully saturated rings. The predicted molar refractivity (Wildman–Crippen MR) is 77.6 cm³/mol. The minimum Gasteiger partial charge on any atom is -0.310 e. The number of rotatable bonds is 2. The van der Waals surface area contributed by atoms with Crippen LogP contribution in [0.4, 0.5) is 0 Å². The first kappa shape index (κ1) is 11.3. The van der Waals surface area contributed by atoms with Crippen LogP contribution >= 0.6 is 0 Å². The Bertz CT molecular complexity index is 844. The zero-order chi connectivity index (χ0) is 13.5. The molecule has 98 valence electrons. The van der Waals surface area contributed by atoms with E-state index < -0.39 is 0 Å². The molecule has 0 unspecified atom stereocenters. The zero-order valence-electron chi connectivity index (χ0n) is 10.8. The fourth-order valence-electron chi connectivity index (χ4n) is 2.49. The van der Waals surface area contributed by atoms with Crippen molar-refractivity contribution in [2.75, 3.05) is 0 Å². The monoisotopic (exact) mass is 263 g/mol. The quantitative estimate of drug-likeness (QED) is 0.773. The van der Waals surface area contributed by atoms with E-state index in [1.165, 1.54) is 0 Å². The fraction of sp³-hybridized carbons (Fsp3) is 0.188. The SMILES string of the molecule is O=c1cc(-c2cncc3ccccc23)nc(C2CC2)[nH]1. The summed E-state index contributed by atoms with van der Waals surface area (Å²) in [7, 11) is 0. The van der Waals surface area contributed by atoms with Gasteiger partial charge in [-0.25, -0.2) is 4.98 Å². The van der Waals surface area contributed by atoms with Crippen LogP contribution in [0.5, 0.6) is 0 Å². The van der Waals surface area contributed by atoms with E-state index >= 15 is 0 Å². The van der Waals surface area contributed by atoms with Gasteiger partial charge in [0.2, 0.25) is 0 Å². The maximum Gasteiger partial charge on any atom is 0.251 e. The van der Waals surface area contributed by atoms with E-state index in [1.54, 1.807) is 12.3 Å². The summed E-state index contributed by atoms with van der Waals surface area (Å²) in [5.74, 6) is 1.23. The van der Waals surface area contributed by atoms with Gasteiger partial charge in [0.25, 0.3) is 5.56 Å². The van der Waals surface area contributed by atoms with Crippen LogP contribution < -0.4 is 5.56 Å². The third kappa shape index (κ3) is 1.90. The number of H-pyrrole nitrogens is 1. The topological polar surface area (TPSA) is 58.6 Å². The lowest BCUT2D eigenvalue weighted by molar-refractivity contribution is 0.912. The van der Waals surface area contributed by atoms with Crippen molar-refractivity contribution in [3.63, 3.8) is 0 Å².